The van der Waals surface area contributed by atoms with E-state index in [1.807, 2.05) is 0 Å². The molecule has 0 aliphatic carbocycles. The lowest BCUT2D eigenvalue weighted by Crippen LogP contribution is -2.33. The average Bonchev–Trinajstić information content (AvgIpc) is 2.56. The van der Waals surface area contributed by atoms with Crippen LogP contribution in [-0.2, 0) is 19.7 Å². The van der Waals surface area contributed by atoms with E-state index in [2.05, 4.69) is 0 Å². The number of benzene rings is 2. The zero-order valence-electron chi connectivity index (χ0n) is 13.7. The van der Waals surface area contributed by atoms with Crippen molar-refractivity contribution in [3.05, 3.63) is 60.7 Å². The Bertz CT molecular complexity index is 792. The second kappa shape index (κ2) is 7.46. The first-order valence-corrected chi connectivity index (χ1v) is 10.6. The monoisotopic (exact) mass is 367 g/mol. The van der Waals surface area contributed by atoms with E-state index in [0.717, 1.165) is 0 Å². The number of rotatable bonds is 7. The molecule has 130 valence electrons. The molecule has 0 N–H and O–H groups in total. The van der Waals surface area contributed by atoms with Gasteiger partial charge in [0, 0.05) is 0 Å². The van der Waals surface area contributed by atoms with Gasteiger partial charge in [0.25, 0.3) is 0 Å². The second-order valence-corrected chi connectivity index (χ2v) is 10.3. The highest BCUT2D eigenvalue weighted by molar-refractivity contribution is 8.09. The van der Waals surface area contributed by atoms with Crippen molar-refractivity contribution in [1.82, 2.24) is 4.90 Å². The predicted molar refractivity (Wildman–Crippen MR) is 94.2 cm³/mol. The molecule has 2 aromatic rings. The fraction of sp³-hybridized carbons (Fsp3) is 0.294. The summed E-state index contributed by atoms with van der Waals surface area (Å²) in [6, 6.07) is 15.5. The van der Waals surface area contributed by atoms with Crippen LogP contribution in [0.3, 0.4) is 0 Å². The highest BCUT2D eigenvalue weighted by Gasteiger charge is 2.39. The molecule has 0 heterocycles. The summed E-state index contributed by atoms with van der Waals surface area (Å²) in [5, 5.41) is 0. The lowest BCUT2D eigenvalue weighted by atomic mass is 10.4. The van der Waals surface area contributed by atoms with Gasteiger partial charge in [-0.1, -0.05) is 36.4 Å². The summed E-state index contributed by atoms with van der Waals surface area (Å²) in [5.41, 5.74) is 0. The molecular formula is C17H21NO4S2. The zero-order valence-corrected chi connectivity index (χ0v) is 15.3. The van der Waals surface area contributed by atoms with Gasteiger partial charge in [0.15, 0.2) is 24.3 Å². The van der Waals surface area contributed by atoms with Gasteiger partial charge in [-0.15, -0.1) is 0 Å². The van der Waals surface area contributed by atoms with Crippen LogP contribution >= 0.6 is 0 Å². The van der Waals surface area contributed by atoms with Crippen molar-refractivity contribution in [3.8, 4) is 0 Å². The molecule has 0 saturated carbocycles. The molecule has 0 aliphatic heterocycles. The predicted octanol–water partition coefficient (Wildman–Crippen LogP) is 2.21. The SMILES string of the molecule is CN(C)CCC(S(=O)(=O)c1ccccc1)S(=O)(=O)c1ccccc1. The molecule has 0 spiro atoms. The molecule has 2 aromatic carbocycles. The van der Waals surface area contributed by atoms with Crippen molar-refractivity contribution in [1.29, 1.82) is 0 Å². The molecule has 5 nitrogen and oxygen atoms in total. The largest absolute Gasteiger partial charge is 0.309 e. The zero-order chi connectivity index (χ0) is 17.8. The molecule has 2 rings (SSSR count). The first kappa shape index (κ1) is 18.6. The third-order valence-corrected chi connectivity index (χ3v) is 8.88. The molecule has 24 heavy (non-hydrogen) atoms. The molecule has 0 unspecified atom stereocenters. The summed E-state index contributed by atoms with van der Waals surface area (Å²) in [6.45, 7) is 0.350. The molecule has 0 aromatic heterocycles. The standard InChI is InChI=1S/C17H21NO4S2/c1-18(2)14-13-17(23(19,20)15-9-5-3-6-10-15)24(21,22)16-11-7-4-8-12-16/h3-12,17H,13-14H2,1-2H3. The Balaban J connectivity index is 2.53. The van der Waals surface area contributed by atoms with Crippen LogP contribution in [0.1, 0.15) is 6.42 Å². The Hall–Kier alpha value is -1.70. The van der Waals surface area contributed by atoms with E-state index in [-0.39, 0.29) is 16.2 Å². The molecular weight excluding hydrogens is 346 g/mol. The molecule has 0 atom stereocenters. The third-order valence-electron chi connectivity index (χ3n) is 3.65. The highest BCUT2D eigenvalue weighted by atomic mass is 32.3. The van der Waals surface area contributed by atoms with Crippen LogP contribution in [0, 0.1) is 0 Å². The first-order valence-electron chi connectivity index (χ1n) is 7.49. The Kier molecular flexibility index (Phi) is 5.79. The van der Waals surface area contributed by atoms with Crippen LogP contribution < -0.4 is 0 Å². The lowest BCUT2D eigenvalue weighted by Gasteiger charge is -2.20. The van der Waals surface area contributed by atoms with E-state index in [1.165, 1.54) is 24.3 Å². The Morgan fingerprint density at radius 1 is 0.750 bits per heavy atom. The molecule has 0 bridgehead atoms. The van der Waals surface area contributed by atoms with Crippen molar-refractivity contribution in [3.63, 3.8) is 0 Å². The van der Waals surface area contributed by atoms with Crippen molar-refractivity contribution in [2.45, 2.75) is 20.8 Å². The van der Waals surface area contributed by atoms with Gasteiger partial charge in [0.2, 0.25) is 0 Å². The van der Waals surface area contributed by atoms with Crippen LogP contribution in [0.25, 0.3) is 0 Å². The molecule has 0 fully saturated rings. The minimum Gasteiger partial charge on any atom is -0.309 e. The van der Waals surface area contributed by atoms with Gasteiger partial charge in [-0.3, -0.25) is 0 Å². The van der Waals surface area contributed by atoms with E-state index in [1.54, 1.807) is 55.4 Å². The van der Waals surface area contributed by atoms with Crippen molar-refractivity contribution < 1.29 is 16.8 Å². The topological polar surface area (TPSA) is 71.5 Å². The van der Waals surface area contributed by atoms with Crippen molar-refractivity contribution in [2.75, 3.05) is 20.6 Å². The second-order valence-electron chi connectivity index (χ2n) is 5.74. The Morgan fingerprint density at radius 2 is 1.12 bits per heavy atom. The van der Waals surface area contributed by atoms with Gasteiger partial charge in [-0.25, -0.2) is 16.8 Å². The maximum absolute atomic E-state index is 13.0. The van der Waals surface area contributed by atoms with E-state index >= 15 is 0 Å². The number of hydrogen-bond acceptors (Lipinski definition) is 5. The molecule has 0 aliphatic rings. The summed E-state index contributed by atoms with van der Waals surface area (Å²) >= 11 is 0. The maximum Gasteiger partial charge on any atom is 0.196 e. The van der Waals surface area contributed by atoms with E-state index in [4.69, 9.17) is 0 Å². The first-order chi connectivity index (χ1) is 11.3. The molecule has 0 saturated heterocycles. The Labute approximate surface area is 143 Å². The lowest BCUT2D eigenvalue weighted by molar-refractivity contribution is 0.403. The van der Waals surface area contributed by atoms with Crippen molar-refractivity contribution >= 4 is 19.7 Å². The van der Waals surface area contributed by atoms with Gasteiger partial charge in [0.05, 0.1) is 9.79 Å². The molecule has 7 heteroatoms. The fourth-order valence-electron chi connectivity index (χ4n) is 2.36. The van der Waals surface area contributed by atoms with E-state index in [0.29, 0.717) is 6.54 Å². The van der Waals surface area contributed by atoms with Crippen LogP contribution in [0.4, 0.5) is 0 Å². The van der Waals surface area contributed by atoms with Crippen molar-refractivity contribution in [2.24, 2.45) is 0 Å². The number of nitrogens with zero attached hydrogens (tertiary/aromatic N) is 1. The highest BCUT2D eigenvalue weighted by Crippen LogP contribution is 2.27. The smallest absolute Gasteiger partial charge is 0.196 e. The van der Waals surface area contributed by atoms with Crippen LogP contribution in [0.2, 0.25) is 0 Å². The van der Waals surface area contributed by atoms with Crippen LogP contribution in [0.15, 0.2) is 70.5 Å². The third kappa shape index (κ3) is 4.03. The van der Waals surface area contributed by atoms with Gasteiger partial charge < -0.3 is 4.90 Å². The average molecular weight is 367 g/mol. The normalized spacial score (nSPS) is 12.7. The minimum atomic E-state index is -4.02. The fourth-order valence-corrected chi connectivity index (χ4v) is 6.88. The summed E-state index contributed by atoms with van der Waals surface area (Å²) in [6.07, 6.45) is 0.00144. The quantitative estimate of drug-likeness (QED) is 0.750. The summed E-state index contributed by atoms with van der Waals surface area (Å²) in [4.78, 5) is 1.81. The van der Waals surface area contributed by atoms with Gasteiger partial charge in [-0.05, 0) is 51.3 Å². The van der Waals surface area contributed by atoms with Gasteiger partial charge in [-0.2, -0.15) is 0 Å². The maximum atomic E-state index is 13.0. The minimum absolute atomic E-state index is 0.00144. The van der Waals surface area contributed by atoms with Crippen LogP contribution in [-0.4, -0.2) is 47.0 Å². The Morgan fingerprint density at radius 3 is 1.46 bits per heavy atom. The van der Waals surface area contributed by atoms with E-state index in [9.17, 15) is 16.8 Å². The van der Waals surface area contributed by atoms with E-state index < -0.39 is 24.3 Å². The summed E-state index contributed by atoms with van der Waals surface area (Å²) < 4.78 is 50.4. The number of hydrogen-bond donors (Lipinski definition) is 0. The molecule has 0 amide bonds. The summed E-state index contributed by atoms with van der Waals surface area (Å²) in [7, 11) is -4.48. The van der Waals surface area contributed by atoms with Gasteiger partial charge in [0.1, 0.15) is 0 Å². The number of sulfone groups is 2. The van der Waals surface area contributed by atoms with Gasteiger partial charge >= 0.3 is 0 Å². The summed E-state index contributed by atoms with van der Waals surface area (Å²) in [5.74, 6) is 0. The molecule has 0 radical (unpaired) electrons. The van der Waals surface area contributed by atoms with Crippen LogP contribution in [0.5, 0.6) is 0 Å².